The summed E-state index contributed by atoms with van der Waals surface area (Å²) < 4.78 is 10.1. The first-order valence-electron chi connectivity index (χ1n) is 17.4. The molecule has 3 nitrogen and oxygen atoms in total. The molecule has 0 aliphatic carbocycles. The van der Waals surface area contributed by atoms with Crippen molar-refractivity contribution < 1.29 is 4.42 Å². The summed E-state index contributed by atoms with van der Waals surface area (Å²) in [6, 6.07) is 60.6. The number of para-hydroxylation sites is 1. The average molecular weight is 701 g/mol. The number of thiazole rings is 1. The number of aromatic nitrogens is 1. The minimum atomic E-state index is 0.876. The topological polar surface area (TPSA) is 29.3 Å². The molecule has 0 bridgehead atoms. The molecule has 0 N–H and O–H groups in total. The Morgan fingerprint density at radius 3 is 2.10 bits per heavy atom. The van der Waals surface area contributed by atoms with Crippen LogP contribution in [0.25, 0.3) is 84.8 Å². The maximum Gasteiger partial charge on any atom is 0.137 e. The first-order valence-corrected chi connectivity index (χ1v) is 19.0. The number of rotatable bonds is 5. The molecule has 0 aliphatic rings. The van der Waals surface area contributed by atoms with E-state index >= 15 is 0 Å². The Morgan fingerprint density at radius 1 is 0.462 bits per heavy atom. The van der Waals surface area contributed by atoms with Crippen LogP contribution in [0.2, 0.25) is 0 Å². The molecule has 8 aromatic carbocycles. The lowest BCUT2D eigenvalue weighted by molar-refractivity contribution is 0.669. The van der Waals surface area contributed by atoms with Gasteiger partial charge in [0, 0.05) is 49.2 Å². The van der Waals surface area contributed by atoms with E-state index in [0.29, 0.717) is 0 Å². The quantitative estimate of drug-likeness (QED) is 0.179. The second-order valence-electron chi connectivity index (χ2n) is 13.2. The molecule has 0 aliphatic heterocycles. The van der Waals surface area contributed by atoms with E-state index in [9.17, 15) is 0 Å². The summed E-state index contributed by atoms with van der Waals surface area (Å²) in [5.74, 6) is 0. The van der Waals surface area contributed by atoms with Crippen molar-refractivity contribution in [1.82, 2.24) is 4.98 Å². The molecular formula is C47H28N2OS2. The molecule has 0 unspecified atom stereocenters. The third-order valence-electron chi connectivity index (χ3n) is 10.1. The van der Waals surface area contributed by atoms with Crippen molar-refractivity contribution in [3.8, 4) is 21.7 Å². The van der Waals surface area contributed by atoms with E-state index < -0.39 is 0 Å². The van der Waals surface area contributed by atoms with Crippen LogP contribution in [0.15, 0.2) is 174 Å². The van der Waals surface area contributed by atoms with Crippen LogP contribution < -0.4 is 4.90 Å². The van der Waals surface area contributed by atoms with Gasteiger partial charge in [-0.15, -0.1) is 22.7 Å². The third-order valence-corrected chi connectivity index (χ3v) is 12.4. The molecule has 0 radical (unpaired) electrons. The molecule has 52 heavy (non-hydrogen) atoms. The molecule has 244 valence electrons. The van der Waals surface area contributed by atoms with E-state index in [4.69, 9.17) is 9.40 Å². The number of hydrogen-bond acceptors (Lipinski definition) is 5. The van der Waals surface area contributed by atoms with E-state index in [1.165, 1.54) is 46.8 Å². The largest absolute Gasteiger partial charge is 0.456 e. The van der Waals surface area contributed by atoms with Gasteiger partial charge in [-0.2, -0.15) is 0 Å². The SMILES string of the molecule is c1ccc(-c2ccc(N(c3ccc4c(c3)oc3ccccc34)c3cccc4c3sc3ccc5nc(-c6ccc7ccccc7c6)sc5c34)cc2)cc1. The lowest BCUT2D eigenvalue weighted by atomic mass is 10.0. The number of benzene rings is 8. The van der Waals surface area contributed by atoms with E-state index in [-0.39, 0.29) is 0 Å². The standard InChI is InChI=1S/C47H28N2OS2/c1-2-9-29(10-3-1)31-19-21-34(22-20-31)49(35-23-24-37-36-13-6-7-16-41(36)50-42(37)28-35)40-15-8-14-38-44-43(51-45(38)40)26-25-39-46(44)52-47(48-39)33-18-17-30-11-4-5-12-32(30)27-33/h1-28H. The van der Waals surface area contributed by atoms with Gasteiger partial charge in [0.25, 0.3) is 0 Å². The molecule has 5 heteroatoms. The van der Waals surface area contributed by atoms with Gasteiger partial charge in [0.2, 0.25) is 0 Å². The van der Waals surface area contributed by atoms with Gasteiger partial charge in [-0.25, -0.2) is 4.98 Å². The highest BCUT2D eigenvalue weighted by molar-refractivity contribution is 7.28. The third kappa shape index (κ3) is 4.67. The Morgan fingerprint density at radius 2 is 1.19 bits per heavy atom. The fourth-order valence-electron chi connectivity index (χ4n) is 7.59. The maximum atomic E-state index is 6.41. The van der Waals surface area contributed by atoms with E-state index in [0.717, 1.165) is 55.1 Å². The van der Waals surface area contributed by atoms with Crippen molar-refractivity contribution >= 4 is 103 Å². The summed E-state index contributed by atoms with van der Waals surface area (Å²) in [4.78, 5) is 7.54. The van der Waals surface area contributed by atoms with Crippen molar-refractivity contribution in [2.45, 2.75) is 0 Å². The maximum absolute atomic E-state index is 6.41. The Balaban J connectivity index is 1.10. The Hall–Kier alpha value is -6.27. The zero-order chi connectivity index (χ0) is 34.2. The predicted octanol–water partition coefficient (Wildman–Crippen LogP) is 14.5. The van der Waals surface area contributed by atoms with Crippen LogP contribution in [-0.4, -0.2) is 4.98 Å². The molecule has 0 amide bonds. The fraction of sp³-hybridized carbons (Fsp3) is 0. The van der Waals surface area contributed by atoms with Crippen LogP contribution in [-0.2, 0) is 0 Å². The molecular weight excluding hydrogens is 673 g/mol. The normalized spacial score (nSPS) is 11.8. The molecule has 3 aromatic heterocycles. The zero-order valence-electron chi connectivity index (χ0n) is 27.8. The highest BCUT2D eigenvalue weighted by Gasteiger charge is 2.21. The summed E-state index contributed by atoms with van der Waals surface area (Å²) in [6.45, 7) is 0. The van der Waals surface area contributed by atoms with Gasteiger partial charge in [0.15, 0.2) is 0 Å². The van der Waals surface area contributed by atoms with Crippen molar-refractivity contribution in [3.05, 3.63) is 170 Å². The van der Waals surface area contributed by atoms with Gasteiger partial charge < -0.3 is 9.32 Å². The first-order chi connectivity index (χ1) is 25.7. The van der Waals surface area contributed by atoms with Crippen LogP contribution >= 0.6 is 22.7 Å². The number of thiophene rings is 1. The van der Waals surface area contributed by atoms with E-state index in [1.807, 2.05) is 23.5 Å². The number of furan rings is 1. The van der Waals surface area contributed by atoms with Crippen LogP contribution in [0.5, 0.6) is 0 Å². The predicted molar refractivity (Wildman–Crippen MR) is 223 cm³/mol. The first kappa shape index (κ1) is 29.5. The van der Waals surface area contributed by atoms with E-state index in [2.05, 4.69) is 163 Å². The summed E-state index contributed by atoms with van der Waals surface area (Å²) in [5.41, 5.74) is 9.62. The zero-order valence-corrected chi connectivity index (χ0v) is 29.4. The number of hydrogen-bond donors (Lipinski definition) is 0. The van der Waals surface area contributed by atoms with Gasteiger partial charge in [0.05, 0.1) is 20.6 Å². The minimum Gasteiger partial charge on any atom is -0.456 e. The van der Waals surface area contributed by atoms with E-state index in [1.54, 1.807) is 11.3 Å². The molecule has 0 fully saturated rings. The van der Waals surface area contributed by atoms with Gasteiger partial charge in [0.1, 0.15) is 16.2 Å². The molecule has 11 aromatic rings. The lowest BCUT2D eigenvalue weighted by Gasteiger charge is -2.26. The molecule has 0 spiro atoms. The van der Waals surface area contributed by atoms with Crippen molar-refractivity contribution in [1.29, 1.82) is 0 Å². The summed E-state index contributed by atoms with van der Waals surface area (Å²) >= 11 is 3.64. The minimum absolute atomic E-state index is 0.876. The number of anilines is 3. The molecule has 3 heterocycles. The monoisotopic (exact) mass is 700 g/mol. The van der Waals surface area contributed by atoms with Crippen LogP contribution in [0.4, 0.5) is 17.1 Å². The molecule has 0 saturated heterocycles. The molecule has 11 rings (SSSR count). The highest BCUT2D eigenvalue weighted by atomic mass is 32.1. The second-order valence-corrected chi connectivity index (χ2v) is 15.2. The smallest absolute Gasteiger partial charge is 0.137 e. The Kier molecular flexibility index (Phi) is 6.59. The Labute approximate surface area is 307 Å². The average Bonchev–Trinajstić information content (AvgIpc) is 3.92. The number of fused-ring (bicyclic) bond motifs is 9. The van der Waals surface area contributed by atoms with Crippen LogP contribution in [0, 0.1) is 0 Å². The van der Waals surface area contributed by atoms with Crippen molar-refractivity contribution in [2.75, 3.05) is 4.90 Å². The van der Waals surface area contributed by atoms with Crippen molar-refractivity contribution in [2.24, 2.45) is 0 Å². The number of nitrogens with zero attached hydrogens (tertiary/aromatic N) is 2. The van der Waals surface area contributed by atoms with Crippen molar-refractivity contribution in [3.63, 3.8) is 0 Å². The van der Waals surface area contributed by atoms with Gasteiger partial charge in [-0.05, 0) is 76.5 Å². The Bertz CT molecular complexity index is 3140. The summed E-state index contributed by atoms with van der Waals surface area (Å²) in [6.07, 6.45) is 0. The lowest BCUT2D eigenvalue weighted by Crippen LogP contribution is -2.10. The van der Waals surface area contributed by atoms with Crippen LogP contribution in [0.3, 0.4) is 0 Å². The van der Waals surface area contributed by atoms with Gasteiger partial charge in [-0.1, -0.05) is 109 Å². The second kappa shape index (κ2) is 11.6. The van der Waals surface area contributed by atoms with Gasteiger partial charge in [-0.3, -0.25) is 0 Å². The summed E-state index contributed by atoms with van der Waals surface area (Å²) in [7, 11) is 0. The van der Waals surface area contributed by atoms with Crippen LogP contribution in [0.1, 0.15) is 0 Å². The molecule has 0 saturated carbocycles. The summed E-state index contributed by atoms with van der Waals surface area (Å²) in [5, 5.41) is 8.28. The molecule has 0 atom stereocenters. The van der Waals surface area contributed by atoms with Gasteiger partial charge >= 0.3 is 0 Å². The fourth-order valence-corrected chi connectivity index (χ4v) is 9.99. The highest BCUT2D eigenvalue weighted by Crippen LogP contribution is 2.48.